The van der Waals surface area contributed by atoms with E-state index >= 15 is 0 Å². The highest BCUT2D eigenvalue weighted by atomic mass is 19.2. The Bertz CT molecular complexity index is 430. The van der Waals surface area contributed by atoms with E-state index < -0.39 is 17.7 Å². The van der Waals surface area contributed by atoms with E-state index in [1.54, 1.807) is 0 Å². The van der Waals surface area contributed by atoms with Gasteiger partial charge in [0.05, 0.1) is 6.10 Å². The summed E-state index contributed by atoms with van der Waals surface area (Å²) in [6.07, 6.45) is -0.840. The molecule has 1 aliphatic rings. The Hall–Kier alpha value is -1.08. The van der Waals surface area contributed by atoms with Crippen molar-refractivity contribution in [3.63, 3.8) is 0 Å². The maximum absolute atomic E-state index is 13.0. The van der Waals surface area contributed by atoms with Gasteiger partial charge in [-0.05, 0) is 24.6 Å². The molecule has 2 rings (SSSR count). The lowest BCUT2D eigenvalue weighted by Gasteiger charge is -2.17. The summed E-state index contributed by atoms with van der Waals surface area (Å²) in [6.45, 7) is 4.02. The third-order valence-electron chi connectivity index (χ3n) is 3.47. The summed E-state index contributed by atoms with van der Waals surface area (Å²) in [4.78, 5) is 0. The van der Waals surface area contributed by atoms with Crippen molar-refractivity contribution in [3.8, 4) is 0 Å². The molecule has 1 saturated heterocycles. The summed E-state index contributed by atoms with van der Waals surface area (Å²) < 4.78 is 25.8. The first-order chi connectivity index (χ1) is 9.08. The molecule has 0 aromatic heterocycles. The molecule has 19 heavy (non-hydrogen) atoms. The monoisotopic (exact) mass is 271 g/mol. The van der Waals surface area contributed by atoms with Crippen LogP contribution in [0.15, 0.2) is 18.2 Å². The molecule has 1 aliphatic heterocycles. The zero-order valence-corrected chi connectivity index (χ0v) is 10.8. The van der Waals surface area contributed by atoms with Crippen molar-refractivity contribution in [3.05, 3.63) is 35.4 Å². The molecule has 0 aliphatic carbocycles. The van der Waals surface area contributed by atoms with Crippen LogP contribution in [0.2, 0.25) is 0 Å². The SMILES string of the molecule is CC1NNCC1CNCC(O)c1ccc(F)c(F)c1. The molecule has 4 nitrogen and oxygen atoms in total. The van der Waals surface area contributed by atoms with E-state index in [2.05, 4.69) is 23.1 Å². The Labute approximate surface area is 111 Å². The van der Waals surface area contributed by atoms with Gasteiger partial charge in [0, 0.05) is 31.6 Å². The smallest absolute Gasteiger partial charge is 0.159 e. The number of halogens is 2. The predicted molar refractivity (Wildman–Crippen MR) is 68.3 cm³/mol. The molecule has 0 radical (unpaired) electrons. The van der Waals surface area contributed by atoms with Gasteiger partial charge < -0.3 is 10.4 Å². The van der Waals surface area contributed by atoms with Crippen molar-refractivity contribution in [2.45, 2.75) is 19.1 Å². The van der Waals surface area contributed by atoms with E-state index in [0.29, 0.717) is 24.1 Å². The summed E-state index contributed by atoms with van der Waals surface area (Å²) in [5, 5.41) is 13.0. The lowest BCUT2D eigenvalue weighted by atomic mass is 10.0. The highest BCUT2D eigenvalue weighted by Crippen LogP contribution is 2.16. The third-order valence-corrected chi connectivity index (χ3v) is 3.47. The molecule has 0 amide bonds. The Balaban J connectivity index is 1.80. The van der Waals surface area contributed by atoms with Crippen molar-refractivity contribution in [2.75, 3.05) is 19.6 Å². The van der Waals surface area contributed by atoms with Gasteiger partial charge in [0.1, 0.15) is 0 Å². The second-order valence-corrected chi connectivity index (χ2v) is 4.92. The number of aliphatic hydroxyl groups is 1. The first-order valence-electron chi connectivity index (χ1n) is 6.40. The van der Waals surface area contributed by atoms with Crippen LogP contribution in [0.25, 0.3) is 0 Å². The zero-order valence-electron chi connectivity index (χ0n) is 10.8. The molecule has 3 atom stereocenters. The average Bonchev–Trinajstić information content (AvgIpc) is 2.78. The minimum Gasteiger partial charge on any atom is -0.387 e. The van der Waals surface area contributed by atoms with Crippen LogP contribution in [0.3, 0.4) is 0 Å². The second kappa shape index (κ2) is 6.38. The number of nitrogens with one attached hydrogen (secondary N) is 3. The first kappa shape index (κ1) is 14.3. The molecule has 4 N–H and O–H groups in total. The summed E-state index contributed by atoms with van der Waals surface area (Å²) in [6, 6.07) is 3.82. The van der Waals surface area contributed by atoms with E-state index in [4.69, 9.17) is 0 Å². The molecule has 1 aromatic rings. The Kier molecular flexibility index (Phi) is 4.81. The Morgan fingerprint density at radius 2 is 2.21 bits per heavy atom. The third kappa shape index (κ3) is 3.70. The van der Waals surface area contributed by atoms with Crippen LogP contribution in [0.5, 0.6) is 0 Å². The van der Waals surface area contributed by atoms with Gasteiger partial charge in [-0.2, -0.15) is 0 Å². The molecular formula is C13H19F2N3O. The van der Waals surface area contributed by atoms with Crippen LogP contribution in [-0.2, 0) is 0 Å². The molecule has 1 heterocycles. The fourth-order valence-corrected chi connectivity index (χ4v) is 2.14. The summed E-state index contributed by atoms with van der Waals surface area (Å²) in [5.41, 5.74) is 6.55. The summed E-state index contributed by atoms with van der Waals surface area (Å²) >= 11 is 0. The quantitative estimate of drug-likeness (QED) is 0.637. The number of rotatable bonds is 5. The average molecular weight is 271 g/mol. The maximum atomic E-state index is 13.0. The molecule has 3 unspecified atom stereocenters. The fourth-order valence-electron chi connectivity index (χ4n) is 2.14. The van der Waals surface area contributed by atoms with E-state index in [1.165, 1.54) is 6.07 Å². The van der Waals surface area contributed by atoms with Crippen molar-refractivity contribution in [1.82, 2.24) is 16.2 Å². The number of hydrazine groups is 1. The van der Waals surface area contributed by atoms with Gasteiger partial charge >= 0.3 is 0 Å². The van der Waals surface area contributed by atoms with Crippen LogP contribution in [0, 0.1) is 17.6 Å². The van der Waals surface area contributed by atoms with Gasteiger partial charge in [0.15, 0.2) is 11.6 Å². The van der Waals surface area contributed by atoms with Gasteiger partial charge in [-0.1, -0.05) is 6.07 Å². The molecule has 0 saturated carbocycles. The normalized spacial score (nSPS) is 24.6. The Morgan fingerprint density at radius 3 is 2.84 bits per heavy atom. The zero-order chi connectivity index (χ0) is 13.8. The minimum atomic E-state index is -0.936. The van der Waals surface area contributed by atoms with Crippen molar-refractivity contribution in [1.29, 1.82) is 0 Å². The van der Waals surface area contributed by atoms with Crippen molar-refractivity contribution < 1.29 is 13.9 Å². The highest BCUT2D eigenvalue weighted by Gasteiger charge is 2.22. The van der Waals surface area contributed by atoms with Crippen LogP contribution >= 0.6 is 0 Å². The van der Waals surface area contributed by atoms with E-state index in [-0.39, 0.29) is 0 Å². The molecule has 0 spiro atoms. The van der Waals surface area contributed by atoms with Gasteiger partial charge in [0.2, 0.25) is 0 Å². The van der Waals surface area contributed by atoms with E-state index in [0.717, 1.165) is 25.2 Å². The largest absolute Gasteiger partial charge is 0.387 e. The van der Waals surface area contributed by atoms with Gasteiger partial charge in [0.25, 0.3) is 0 Å². The number of hydrogen-bond donors (Lipinski definition) is 4. The standard InChI is InChI=1S/C13H19F2N3O/c1-8-10(6-17-18-8)5-16-7-13(19)9-2-3-11(14)12(15)4-9/h2-4,8,10,13,16-19H,5-7H2,1H3. The number of hydrogen-bond acceptors (Lipinski definition) is 4. The molecule has 0 bridgehead atoms. The predicted octanol–water partition coefficient (Wildman–Crippen LogP) is 0.700. The van der Waals surface area contributed by atoms with Crippen molar-refractivity contribution in [2.24, 2.45) is 5.92 Å². The van der Waals surface area contributed by atoms with Crippen LogP contribution in [0.4, 0.5) is 8.78 Å². The second-order valence-electron chi connectivity index (χ2n) is 4.92. The molecule has 106 valence electrons. The lowest BCUT2D eigenvalue weighted by molar-refractivity contribution is 0.172. The van der Waals surface area contributed by atoms with Gasteiger partial charge in [-0.25, -0.2) is 8.78 Å². The Morgan fingerprint density at radius 1 is 1.42 bits per heavy atom. The first-order valence-corrected chi connectivity index (χ1v) is 6.40. The maximum Gasteiger partial charge on any atom is 0.159 e. The topological polar surface area (TPSA) is 56.3 Å². The van der Waals surface area contributed by atoms with Crippen molar-refractivity contribution >= 4 is 0 Å². The number of benzene rings is 1. The summed E-state index contributed by atoms with van der Waals surface area (Å²) in [7, 11) is 0. The fraction of sp³-hybridized carbons (Fsp3) is 0.538. The molecule has 1 fully saturated rings. The van der Waals surface area contributed by atoms with Crippen LogP contribution in [-0.4, -0.2) is 30.8 Å². The van der Waals surface area contributed by atoms with Gasteiger partial charge in [-0.15, -0.1) is 0 Å². The molecular weight excluding hydrogens is 252 g/mol. The highest BCUT2D eigenvalue weighted by molar-refractivity contribution is 5.20. The lowest BCUT2D eigenvalue weighted by Crippen LogP contribution is -2.34. The van der Waals surface area contributed by atoms with Crippen LogP contribution in [0.1, 0.15) is 18.6 Å². The van der Waals surface area contributed by atoms with E-state index in [9.17, 15) is 13.9 Å². The van der Waals surface area contributed by atoms with E-state index in [1.807, 2.05) is 0 Å². The number of aliphatic hydroxyl groups excluding tert-OH is 1. The minimum absolute atomic E-state index is 0.314. The van der Waals surface area contributed by atoms with Gasteiger partial charge in [-0.3, -0.25) is 10.9 Å². The molecule has 1 aromatic carbocycles. The molecule has 6 heteroatoms. The van der Waals surface area contributed by atoms with Crippen LogP contribution < -0.4 is 16.2 Å². The summed E-state index contributed by atoms with van der Waals surface area (Å²) in [5.74, 6) is -1.40.